The van der Waals surface area contributed by atoms with E-state index in [2.05, 4.69) is 48.4 Å². The maximum atomic E-state index is 6.29. The highest BCUT2D eigenvalue weighted by atomic mass is 14.9. The molecule has 3 rings (SSSR count). The fourth-order valence-corrected chi connectivity index (χ4v) is 2.70. The van der Waals surface area contributed by atoms with Gasteiger partial charge in [0.15, 0.2) is 0 Å². The van der Waals surface area contributed by atoms with Gasteiger partial charge in [0, 0.05) is 29.2 Å². The van der Waals surface area contributed by atoms with E-state index in [1.54, 1.807) is 6.20 Å². The van der Waals surface area contributed by atoms with Crippen LogP contribution in [0.15, 0.2) is 54.9 Å². The summed E-state index contributed by atoms with van der Waals surface area (Å²) >= 11 is 0. The van der Waals surface area contributed by atoms with Gasteiger partial charge in [-0.3, -0.25) is 4.98 Å². The maximum absolute atomic E-state index is 6.29. The molecule has 1 aromatic heterocycles. The first-order valence-corrected chi connectivity index (χ1v) is 7.11. The molecular formula is C18H19N3. The number of hydrogen-bond donors (Lipinski definition) is 2. The number of aryl methyl sites for hydroxylation is 1. The Kier molecular flexibility index (Phi) is 3.48. The van der Waals surface area contributed by atoms with E-state index in [9.17, 15) is 0 Å². The number of nitrogens with one attached hydrogen (secondary N) is 1. The Morgan fingerprint density at radius 2 is 1.90 bits per heavy atom. The third-order valence-electron chi connectivity index (χ3n) is 3.89. The van der Waals surface area contributed by atoms with Crippen LogP contribution in [0.3, 0.4) is 0 Å². The Bertz CT molecular complexity index is 780. The molecule has 0 saturated heterocycles. The summed E-state index contributed by atoms with van der Waals surface area (Å²) in [6.45, 7) is 4.28. The molecule has 3 heteroatoms. The average molecular weight is 277 g/mol. The van der Waals surface area contributed by atoms with Crippen LogP contribution in [0.1, 0.15) is 24.1 Å². The van der Waals surface area contributed by atoms with Gasteiger partial charge >= 0.3 is 0 Å². The number of nitrogen functional groups attached to an aromatic ring is 1. The van der Waals surface area contributed by atoms with Crippen molar-refractivity contribution < 1.29 is 0 Å². The van der Waals surface area contributed by atoms with Crippen molar-refractivity contribution in [2.45, 2.75) is 19.9 Å². The standard InChI is InChI=1S/C18H19N3/c1-12-5-3-4-6-15(12)13(2)21-17-8-7-14-11-20-10-9-16(14)18(17)19/h3-11,13,21H,19H2,1-2H3. The quantitative estimate of drug-likeness (QED) is 0.702. The third kappa shape index (κ3) is 2.55. The zero-order chi connectivity index (χ0) is 14.8. The van der Waals surface area contributed by atoms with Crippen molar-refractivity contribution in [3.05, 3.63) is 66.0 Å². The third-order valence-corrected chi connectivity index (χ3v) is 3.89. The fraction of sp³-hybridized carbons (Fsp3) is 0.167. The predicted octanol–water partition coefficient (Wildman–Crippen LogP) is 4.30. The number of pyridine rings is 1. The van der Waals surface area contributed by atoms with Gasteiger partial charge < -0.3 is 11.1 Å². The molecule has 3 aromatic rings. The van der Waals surface area contributed by atoms with Crippen molar-refractivity contribution in [1.29, 1.82) is 0 Å². The van der Waals surface area contributed by atoms with Crippen molar-refractivity contribution in [3.63, 3.8) is 0 Å². The van der Waals surface area contributed by atoms with E-state index in [1.807, 2.05) is 24.4 Å². The summed E-state index contributed by atoms with van der Waals surface area (Å²) in [5.41, 5.74) is 10.6. The molecule has 2 aromatic carbocycles. The van der Waals surface area contributed by atoms with Gasteiger partial charge in [-0.05, 0) is 37.1 Å². The minimum absolute atomic E-state index is 0.202. The average Bonchev–Trinajstić information content (AvgIpc) is 2.51. The first-order chi connectivity index (χ1) is 10.2. The molecule has 0 fully saturated rings. The van der Waals surface area contributed by atoms with Crippen LogP contribution in [-0.4, -0.2) is 4.98 Å². The summed E-state index contributed by atoms with van der Waals surface area (Å²) in [4.78, 5) is 4.13. The number of nitrogens with two attached hydrogens (primary N) is 1. The fourth-order valence-electron chi connectivity index (χ4n) is 2.70. The lowest BCUT2D eigenvalue weighted by molar-refractivity contribution is 0.875. The van der Waals surface area contributed by atoms with E-state index in [0.717, 1.165) is 22.1 Å². The van der Waals surface area contributed by atoms with E-state index in [1.165, 1.54) is 11.1 Å². The number of hydrogen-bond acceptors (Lipinski definition) is 3. The number of benzene rings is 2. The Labute approximate surface area is 124 Å². The Hall–Kier alpha value is -2.55. The summed E-state index contributed by atoms with van der Waals surface area (Å²) in [6.07, 6.45) is 3.60. The van der Waals surface area contributed by atoms with Gasteiger partial charge in [-0.2, -0.15) is 0 Å². The molecule has 3 N–H and O–H groups in total. The van der Waals surface area contributed by atoms with Gasteiger partial charge in [-0.1, -0.05) is 30.3 Å². The number of fused-ring (bicyclic) bond motifs is 1. The number of nitrogens with zero attached hydrogens (tertiary/aromatic N) is 1. The molecule has 1 unspecified atom stereocenters. The van der Waals surface area contributed by atoms with Crippen LogP contribution in [0.5, 0.6) is 0 Å². The first kappa shape index (κ1) is 13.4. The highest BCUT2D eigenvalue weighted by Gasteiger charge is 2.10. The van der Waals surface area contributed by atoms with Crippen molar-refractivity contribution in [2.75, 3.05) is 11.1 Å². The molecule has 0 aliphatic rings. The summed E-state index contributed by atoms with van der Waals surface area (Å²) in [5.74, 6) is 0. The molecule has 106 valence electrons. The Balaban J connectivity index is 1.95. The monoisotopic (exact) mass is 277 g/mol. The summed E-state index contributed by atoms with van der Waals surface area (Å²) in [7, 11) is 0. The number of anilines is 2. The lowest BCUT2D eigenvalue weighted by atomic mass is 10.0. The molecule has 0 saturated carbocycles. The highest BCUT2D eigenvalue weighted by Crippen LogP contribution is 2.31. The second kappa shape index (κ2) is 5.44. The van der Waals surface area contributed by atoms with Gasteiger partial charge in [0.05, 0.1) is 11.4 Å². The molecule has 3 nitrogen and oxygen atoms in total. The van der Waals surface area contributed by atoms with Crippen molar-refractivity contribution in [1.82, 2.24) is 4.98 Å². The van der Waals surface area contributed by atoms with Crippen LogP contribution in [-0.2, 0) is 0 Å². The molecule has 0 bridgehead atoms. The van der Waals surface area contributed by atoms with Crippen LogP contribution in [0.25, 0.3) is 10.8 Å². The predicted molar refractivity (Wildman–Crippen MR) is 89.4 cm³/mol. The Morgan fingerprint density at radius 1 is 1.10 bits per heavy atom. The minimum Gasteiger partial charge on any atom is -0.397 e. The topological polar surface area (TPSA) is 50.9 Å². The largest absolute Gasteiger partial charge is 0.397 e. The highest BCUT2D eigenvalue weighted by molar-refractivity contribution is 5.98. The van der Waals surface area contributed by atoms with Gasteiger partial charge in [0.25, 0.3) is 0 Å². The van der Waals surface area contributed by atoms with Crippen molar-refractivity contribution >= 4 is 22.1 Å². The minimum atomic E-state index is 0.202. The molecule has 1 atom stereocenters. The molecule has 0 aliphatic carbocycles. The van der Waals surface area contributed by atoms with Crippen LogP contribution in [0, 0.1) is 6.92 Å². The van der Waals surface area contributed by atoms with Gasteiger partial charge in [0.2, 0.25) is 0 Å². The zero-order valence-electron chi connectivity index (χ0n) is 12.3. The molecule has 0 radical (unpaired) electrons. The van der Waals surface area contributed by atoms with Crippen LogP contribution >= 0.6 is 0 Å². The molecule has 0 aliphatic heterocycles. The maximum Gasteiger partial charge on any atom is 0.0630 e. The molecule has 1 heterocycles. The Morgan fingerprint density at radius 3 is 2.71 bits per heavy atom. The number of rotatable bonds is 3. The lowest BCUT2D eigenvalue weighted by Crippen LogP contribution is -2.09. The smallest absolute Gasteiger partial charge is 0.0630 e. The van der Waals surface area contributed by atoms with Gasteiger partial charge in [0.1, 0.15) is 0 Å². The van der Waals surface area contributed by atoms with E-state index in [-0.39, 0.29) is 6.04 Å². The molecule has 0 amide bonds. The SMILES string of the molecule is Cc1ccccc1C(C)Nc1ccc2cnccc2c1N. The molecular weight excluding hydrogens is 258 g/mol. The van der Waals surface area contributed by atoms with E-state index in [4.69, 9.17) is 5.73 Å². The van der Waals surface area contributed by atoms with Crippen LogP contribution in [0.2, 0.25) is 0 Å². The van der Waals surface area contributed by atoms with Crippen LogP contribution < -0.4 is 11.1 Å². The second-order valence-corrected chi connectivity index (χ2v) is 5.35. The normalized spacial score (nSPS) is 12.3. The van der Waals surface area contributed by atoms with Crippen molar-refractivity contribution in [3.8, 4) is 0 Å². The van der Waals surface area contributed by atoms with Gasteiger partial charge in [-0.15, -0.1) is 0 Å². The van der Waals surface area contributed by atoms with E-state index >= 15 is 0 Å². The molecule has 21 heavy (non-hydrogen) atoms. The van der Waals surface area contributed by atoms with Gasteiger partial charge in [-0.25, -0.2) is 0 Å². The van der Waals surface area contributed by atoms with Crippen LogP contribution in [0.4, 0.5) is 11.4 Å². The first-order valence-electron chi connectivity index (χ1n) is 7.11. The second-order valence-electron chi connectivity index (χ2n) is 5.35. The summed E-state index contributed by atoms with van der Waals surface area (Å²) < 4.78 is 0. The van der Waals surface area contributed by atoms with E-state index < -0.39 is 0 Å². The number of aromatic nitrogens is 1. The van der Waals surface area contributed by atoms with E-state index in [0.29, 0.717) is 0 Å². The van der Waals surface area contributed by atoms with Crippen molar-refractivity contribution in [2.24, 2.45) is 0 Å². The molecule has 0 spiro atoms. The summed E-state index contributed by atoms with van der Waals surface area (Å²) in [5, 5.41) is 5.61. The lowest BCUT2D eigenvalue weighted by Gasteiger charge is -2.19. The summed E-state index contributed by atoms with van der Waals surface area (Å²) in [6, 6.07) is 14.6. The zero-order valence-corrected chi connectivity index (χ0v) is 12.3.